The number of halogens is 2. The molecule has 16 nitrogen and oxygen atoms in total. The standard InChI is InChI=1S/C38H46Cl2N10O6/c1-7-26(41-21-56-55-6)36(51)49-28(17-19-47(49)3)34-43-30(32(39)45-34)24-13-9-22(10-14-24)23-11-15-25(16-12-23)31-33(40)46-35(44-31)29-18-20-48(4)50(29)37(52)27(8-2)42-38(53)54-5/h9-16,21,26-29H,7-8,17-20H2,1-6H3,(H,42,53)(H,43,45)(H,44,46)/t26-,27-,28-,29-/m0/s1. The molecule has 0 aliphatic carbocycles. The number of hydrazine groups is 2. The Morgan fingerprint density at radius 1 is 0.804 bits per heavy atom. The van der Waals surface area contributed by atoms with E-state index in [1.807, 2.05) is 86.5 Å². The molecule has 4 aromatic rings. The summed E-state index contributed by atoms with van der Waals surface area (Å²) in [7, 11) is 6.32. The molecule has 0 radical (unpaired) electrons. The van der Waals surface area contributed by atoms with Crippen molar-refractivity contribution in [1.82, 2.24) is 45.3 Å². The molecule has 0 unspecified atom stereocenters. The lowest BCUT2D eigenvalue weighted by atomic mass is 10.0. The smallest absolute Gasteiger partial charge is 0.407 e. The maximum absolute atomic E-state index is 13.5. The summed E-state index contributed by atoms with van der Waals surface area (Å²) in [6, 6.07) is 13.7. The molecule has 3 N–H and O–H groups in total. The molecule has 4 atom stereocenters. The number of amides is 3. The molecule has 2 fully saturated rings. The number of nitrogens with one attached hydrogen (secondary N) is 3. The van der Waals surface area contributed by atoms with Gasteiger partial charge in [-0.25, -0.2) is 29.8 Å². The van der Waals surface area contributed by atoms with Crippen LogP contribution in [0.1, 0.15) is 63.3 Å². The van der Waals surface area contributed by atoms with Crippen LogP contribution in [0, 0.1) is 0 Å². The van der Waals surface area contributed by atoms with Gasteiger partial charge in [0.25, 0.3) is 11.8 Å². The van der Waals surface area contributed by atoms with Gasteiger partial charge in [-0.05, 0) is 36.8 Å². The lowest BCUT2D eigenvalue weighted by Crippen LogP contribution is -2.51. The Labute approximate surface area is 335 Å². The number of hydrogen-bond donors (Lipinski definition) is 3. The van der Waals surface area contributed by atoms with Crippen molar-refractivity contribution in [1.29, 1.82) is 0 Å². The van der Waals surface area contributed by atoms with Gasteiger partial charge < -0.3 is 24.9 Å². The largest absolute Gasteiger partial charge is 0.453 e. The Bertz CT molecular complexity index is 2040. The van der Waals surface area contributed by atoms with Crippen molar-refractivity contribution >= 4 is 47.5 Å². The van der Waals surface area contributed by atoms with E-state index in [0.717, 1.165) is 28.7 Å². The summed E-state index contributed by atoms with van der Waals surface area (Å²) in [6.45, 7) is 4.99. The minimum absolute atomic E-state index is 0.176. The molecule has 0 saturated carbocycles. The second kappa shape index (κ2) is 17.9. The molecule has 4 heterocycles. The minimum Gasteiger partial charge on any atom is -0.453 e. The number of aliphatic imine (C=N–C) groups is 1. The molecule has 298 valence electrons. The van der Waals surface area contributed by atoms with Crippen LogP contribution in [-0.4, -0.2) is 118 Å². The van der Waals surface area contributed by atoms with Crippen LogP contribution in [0.3, 0.4) is 0 Å². The lowest BCUT2D eigenvalue weighted by Gasteiger charge is -2.32. The van der Waals surface area contributed by atoms with Crippen molar-refractivity contribution < 1.29 is 28.9 Å². The van der Waals surface area contributed by atoms with Crippen LogP contribution in [-0.2, 0) is 24.1 Å². The quantitative estimate of drug-likeness (QED) is 0.0611. The fourth-order valence-corrected chi connectivity index (χ4v) is 7.61. The number of rotatable bonds is 13. The van der Waals surface area contributed by atoms with Gasteiger partial charge in [-0.1, -0.05) is 85.6 Å². The zero-order chi connectivity index (χ0) is 40.1. The number of methoxy groups -OCH3 is 1. The van der Waals surface area contributed by atoms with Crippen LogP contribution in [0.15, 0.2) is 53.5 Å². The lowest BCUT2D eigenvalue weighted by molar-refractivity contribution is -0.188. The predicted octanol–water partition coefficient (Wildman–Crippen LogP) is 6.20. The van der Waals surface area contributed by atoms with E-state index in [4.69, 9.17) is 42.8 Å². The Morgan fingerprint density at radius 3 is 1.70 bits per heavy atom. The van der Waals surface area contributed by atoms with Gasteiger partial charge >= 0.3 is 6.09 Å². The first-order valence-electron chi connectivity index (χ1n) is 18.3. The molecule has 0 spiro atoms. The summed E-state index contributed by atoms with van der Waals surface area (Å²) < 4.78 is 4.72. The number of aromatic nitrogens is 4. The van der Waals surface area contributed by atoms with Crippen molar-refractivity contribution in [2.24, 2.45) is 4.99 Å². The van der Waals surface area contributed by atoms with E-state index in [0.29, 0.717) is 72.1 Å². The van der Waals surface area contributed by atoms with Crippen LogP contribution in [0.2, 0.25) is 10.3 Å². The Balaban J connectivity index is 1.16. The highest BCUT2D eigenvalue weighted by Gasteiger charge is 2.41. The van der Waals surface area contributed by atoms with Crippen molar-refractivity contribution in [3.63, 3.8) is 0 Å². The van der Waals surface area contributed by atoms with E-state index in [2.05, 4.69) is 25.2 Å². The van der Waals surface area contributed by atoms with E-state index in [9.17, 15) is 14.4 Å². The number of benzene rings is 2. The average molecular weight is 810 g/mol. The van der Waals surface area contributed by atoms with Crippen LogP contribution in [0.5, 0.6) is 0 Å². The monoisotopic (exact) mass is 808 g/mol. The normalized spacial score (nSPS) is 18.8. The van der Waals surface area contributed by atoms with Gasteiger partial charge in [-0.15, -0.1) is 0 Å². The molecule has 18 heteroatoms. The zero-order valence-corrected chi connectivity index (χ0v) is 33.6. The molecular formula is C38H46Cl2N10O6. The third-order valence-electron chi connectivity index (χ3n) is 10.1. The number of nitrogens with zero attached hydrogens (tertiary/aromatic N) is 7. The summed E-state index contributed by atoms with van der Waals surface area (Å²) in [6.07, 6.45) is 2.65. The number of ether oxygens (including phenoxy) is 1. The molecule has 2 aromatic carbocycles. The second-order valence-corrected chi connectivity index (χ2v) is 14.3. The SMILES string of the molecule is CC[C@H](N=COOC)C(=O)N1[C@H](c2nc(-c3ccc(-c4ccc(-c5nc([C@@H]6CCN(C)N6C(=O)[C@H](CC)NC(=O)OC)[nH]c5Cl)cc4)cc3)c(Cl)[nH]2)CCN1C. The second-order valence-electron chi connectivity index (χ2n) is 13.5. The van der Waals surface area contributed by atoms with Crippen molar-refractivity contribution in [2.45, 2.75) is 63.7 Å². The molecule has 2 aliphatic heterocycles. The van der Waals surface area contributed by atoms with Gasteiger partial charge in [0.1, 0.15) is 57.5 Å². The highest BCUT2D eigenvalue weighted by atomic mass is 35.5. The summed E-state index contributed by atoms with van der Waals surface area (Å²) in [5.74, 6) is 0.713. The Morgan fingerprint density at radius 2 is 1.27 bits per heavy atom. The molecule has 56 heavy (non-hydrogen) atoms. The Kier molecular flexibility index (Phi) is 13.0. The van der Waals surface area contributed by atoms with E-state index in [-0.39, 0.29) is 23.9 Å². The third-order valence-corrected chi connectivity index (χ3v) is 10.6. The maximum atomic E-state index is 13.5. The van der Waals surface area contributed by atoms with Gasteiger partial charge in [-0.2, -0.15) is 4.89 Å². The molecule has 2 aromatic heterocycles. The van der Waals surface area contributed by atoms with Gasteiger partial charge in [0, 0.05) is 38.3 Å². The van der Waals surface area contributed by atoms with Gasteiger partial charge in [-0.3, -0.25) is 19.6 Å². The van der Waals surface area contributed by atoms with E-state index < -0.39 is 18.2 Å². The molecule has 2 aliphatic rings. The van der Waals surface area contributed by atoms with Crippen LogP contribution < -0.4 is 5.32 Å². The first kappa shape index (κ1) is 40.7. The number of hydrogen-bond acceptors (Lipinski definition) is 11. The molecule has 6 rings (SSSR count). The van der Waals surface area contributed by atoms with Crippen LogP contribution in [0.4, 0.5) is 4.79 Å². The average Bonchev–Trinajstić information content (AvgIpc) is 3.99. The minimum atomic E-state index is -0.754. The topological polar surface area (TPSA) is 174 Å². The number of alkyl carbamates (subject to hydrolysis) is 1. The summed E-state index contributed by atoms with van der Waals surface area (Å²) in [5, 5.41) is 10.4. The highest BCUT2D eigenvalue weighted by Crippen LogP contribution is 2.37. The van der Waals surface area contributed by atoms with Crippen molar-refractivity contribution in [2.75, 3.05) is 41.4 Å². The number of imidazole rings is 2. The maximum Gasteiger partial charge on any atom is 0.407 e. The van der Waals surface area contributed by atoms with Crippen molar-refractivity contribution in [3.05, 3.63) is 70.5 Å². The highest BCUT2D eigenvalue weighted by molar-refractivity contribution is 6.32. The molecule has 2 saturated heterocycles. The molecular weight excluding hydrogens is 763 g/mol. The van der Waals surface area contributed by atoms with Gasteiger partial charge in [0.05, 0.1) is 14.2 Å². The number of carbonyl (C=O) groups is 3. The van der Waals surface area contributed by atoms with Gasteiger partial charge in [0.2, 0.25) is 6.40 Å². The molecule has 0 bridgehead atoms. The summed E-state index contributed by atoms with van der Waals surface area (Å²) in [5.41, 5.74) is 4.75. The number of carbonyl (C=O) groups excluding carboxylic acids is 3. The van der Waals surface area contributed by atoms with Crippen molar-refractivity contribution in [3.8, 4) is 33.6 Å². The number of aromatic amines is 2. The predicted molar refractivity (Wildman–Crippen MR) is 211 cm³/mol. The van der Waals surface area contributed by atoms with E-state index >= 15 is 0 Å². The molecule has 3 amide bonds. The zero-order valence-electron chi connectivity index (χ0n) is 32.1. The van der Waals surface area contributed by atoms with E-state index in [1.165, 1.54) is 14.2 Å². The van der Waals surface area contributed by atoms with Gasteiger partial charge in [0.15, 0.2) is 0 Å². The first-order valence-corrected chi connectivity index (χ1v) is 19.1. The first-order chi connectivity index (χ1) is 27.0. The summed E-state index contributed by atoms with van der Waals surface area (Å²) in [4.78, 5) is 68.6. The fraction of sp³-hybridized carbons (Fsp3) is 0.421. The van der Waals surface area contributed by atoms with E-state index in [1.54, 1.807) is 10.0 Å². The van der Waals surface area contributed by atoms with Crippen LogP contribution in [0.25, 0.3) is 33.6 Å². The number of H-pyrrole nitrogens is 2. The van der Waals surface area contributed by atoms with Crippen LogP contribution >= 0.6 is 23.2 Å². The summed E-state index contributed by atoms with van der Waals surface area (Å²) >= 11 is 13.4. The fourth-order valence-electron chi connectivity index (χ4n) is 7.12. The Hall–Kier alpha value is -5.00. The third kappa shape index (κ3) is 8.39.